The van der Waals surface area contributed by atoms with E-state index in [2.05, 4.69) is 14.5 Å². The number of nitrogens with zero attached hydrogens (tertiary/aromatic N) is 2. The molecule has 1 atom stereocenters. The van der Waals surface area contributed by atoms with Crippen molar-refractivity contribution in [2.45, 2.75) is 25.9 Å². The third-order valence-corrected chi connectivity index (χ3v) is 4.62. The lowest BCUT2D eigenvalue weighted by atomic mass is 10.1. The fourth-order valence-electron chi connectivity index (χ4n) is 3.19. The Hall–Kier alpha value is -3.33. The van der Waals surface area contributed by atoms with E-state index in [1.54, 1.807) is 18.5 Å². The molecule has 1 aliphatic heterocycles. The highest BCUT2D eigenvalue weighted by Crippen LogP contribution is 2.39. The van der Waals surface area contributed by atoms with Crippen LogP contribution in [0.15, 0.2) is 67.0 Å². The molecule has 0 bridgehead atoms. The number of aromatic nitrogens is 1. The van der Waals surface area contributed by atoms with Crippen LogP contribution >= 0.6 is 0 Å². The Balaban J connectivity index is 1.74. The van der Waals surface area contributed by atoms with Crippen molar-refractivity contribution in [3.05, 3.63) is 78.1 Å². The van der Waals surface area contributed by atoms with Gasteiger partial charge in [-0.1, -0.05) is 18.2 Å². The molecular formula is C22H18F4N2O3. The van der Waals surface area contributed by atoms with Crippen molar-refractivity contribution in [3.8, 4) is 11.5 Å². The normalized spacial score (nSPS) is 15.2. The van der Waals surface area contributed by atoms with Gasteiger partial charge in [0.1, 0.15) is 6.10 Å². The third-order valence-electron chi connectivity index (χ3n) is 4.62. The van der Waals surface area contributed by atoms with E-state index in [0.29, 0.717) is 18.8 Å². The number of hydrogen-bond acceptors (Lipinski definition) is 5. The molecule has 1 aliphatic rings. The summed E-state index contributed by atoms with van der Waals surface area (Å²) in [7, 11) is 0. The maximum atomic E-state index is 12.9. The Morgan fingerprint density at radius 2 is 1.68 bits per heavy atom. The first kappa shape index (κ1) is 20.9. The monoisotopic (exact) mass is 434 g/mol. The van der Waals surface area contributed by atoms with Gasteiger partial charge in [0, 0.05) is 36.4 Å². The van der Waals surface area contributed by atoms with Gasteiger partial charge in [-0.2, -0.15) is 17.6 Å². The fourth-order valence-corrected chi connectivity index (χ4v) is 3.19. The minimum absolute atomic E-state index is 0.0275. The number of pyridine rings is 1. The van der Waals surface area contributed by atoms with E-state index in [1.807, 2.05) is 35.2 Å². The lowest BCUT2D eigenvalue weighted by Gasteiger charge is -2.26. The van der Waals surface area contributed by atoms with Crippen LogP contribution in [0.3, 0.4) is 0 Å². The highest BCUT2D eigenvalue weighted by Gasteiger charge is 2.26. The smallest absolute Gasteiger partial charge is 0.387 e. The van der Waals surface area contributed by atoms with Gasteiger partial charge < -0.3 is 19.1 Å². The number of rotatable bonds is 9. The Bertz CT molecular complexity index is 1020. The average molecular weight is 434 g/mol. The van der Waals surface area contributed by atoms with Crippen molar-refractivity contribution >= 4 is 11.4 Å². The van der Waals surface area contributed by atoms with E-state index in [4.69, 9.17) is 4.74 Å². The van der Waals surface area contributed by atoms with Gasteiger partial charge in [-0.25, -0.2) is 0 Å². The highest BCUT2D eigenvalue weighted by molar-refractivity contribution is 5.67. The largest absolute Gasteiger partial charge is 0.431 e. The molecule has 5 nitrogen and oxygen atoms in total. The molecule has 162 valence electrons. The number of anilines is 2. The summed E-state index contributed by atoms with van der Waals surface area (Å²) in [6, 6.07) is 15.2. The molecule has 1 saturated heterocycles. The summed E-state index contributed by atoms with van der Waals surface area (Å²) in [6.07, 6.45) is 3.36. The molecule has 9 heteroatoms. The molecule has 3 aromatic rings. The molecule has 0 aliphatic carbocycles. The van der Waals surface area contributed by atoms with Crippen LogP contribution in [0.2, 0.25) is 0 Å². The van der Waals surface area contributed by atoms with Gasteiger partial charge in [0.15, 0.2) is 11.5 Å². The minimum atomic E-state index is -3.20. The van der Waals surface area contributed by atoms with Crippen LogP contribution in [0, 0.1) is 0 Å². The molecule has 1 fully saturated rings. The standard InChI is InChI=1S/C22H18F4N2O3/c23-21(24)30-18-7-6-17(10-19(18)31-22(25)26)28(12-14-3-2-8-27-11-14)16-5-1-4-15(9-16)20-13-29-20/h1-11,20-22H,12-13H2. The summed E-state index contributed by atoms with van der Waals surface area (Å²) in [5.41, 5.74) is 3.06. The van der Waals surface area contributed by atoms with Crippen LogP contribution < -0.4 is 14.4 Å². The second-order valence-electron chi connectivity index (χ2n) is 6.75. The lowest BCUT2D eigenvalue weighted by Crippen LogP contribution is -2.17. The predicted octanol–water partition coefficient (Wildman–Crippen LogP) is 5.69. The minimum Gasteiger partial charge on any atom is -0.431 e. The first-order valence-electron chi connectivity index (χ1n) is 9.41. The van der Waals surface area contributed by atoms with Crippen molar-refractivity contribution in [2.75, 3.05) is 11.5 Å². The number of benzene rings is 2. The number of ether oxygens (including phenoxy) is 3. The van der Waals surface area contributed by atoms with E-state index in [1.165, 1.54) is 18.2 Å². The van der Waals surface area contributed by atoms with Crippen molar-refractivity contribution in [3.63, 3.8) is 0 Å². The Morgan fingerprint density at radius 3 is 2.35 bits per heavy atom. The molecular weight excluding hydrogens is 416 g/mol. The third kappa shape index (κ3) is 5.43. The molecule has 31 heavy (non-hydrogen) atoms. The van der Waals surface area contributed by atoms with Gasteiger partial charge in [0.05, 0.1) is 6.61 Å². The summed E-state index contributed by atoms with van der Waals surface area (Å²) >= 11 is 0. The lowest BCUT2D eigenvalue weighted by molar-refractivity contribution is -0.0692. The van der Waals surface area contributed by atoms with E-state index in [-0.39, 0.29) is 6.10 Å². The van der Waals surface area contributed by atoms with Crippen LogP contribution in [0.5, 0.6) is 11.5 Å². The summed E-state index contributed by atoms with van der Waals surface area (Å²) in [4.78, 5) is 5.95. The summed E-state index contributed by atoms with van der Waals surface area (Å²) in [5.74, 6) is -0.953. The van der Waals surface area contributed by atoms with Gasteiger partial charge in [-0.15, -0.1) is 0 Å². The SMILES string of the molecule is FC(F)Oc1ccc(N(Cc2cccnc2)c2cccc(C3CO3)c2)cc1OC(F)F. The van der Waals surface area contributed by atoms with Gasteiger partial charge in [0.25, 0.3) is 0 Å². The van der Waals surface area contributed by atoms with Crippen LogP contribution in [-0.2, 0) is 11.3 Å². The van der Waals surface area contributed by atoms with Gasteiger partial charge in [0.2, 0.25) is 0 Å². The molecule has 0 amide bonds. The Labute approximate surface area is 175 Å². The number of hydrogen-bond donors (Lipinski definition) is 0. The molecule has 0 radical (unpaired) electrons. The van der Waals surface area contributed by atoms with E-state index in [0.717, 1.165) is 16.8 Å². The molecule has 2 heterocycles. The molecule has 1 unspecified atom stereocenters. The van der Waals surface area contributed by atoms with Gasteiger partial charge in [-0.05, 0) is 41.5 Å². The van der Waals surface area contributed by atoms with E-state index < -0.39 is 24.7 Å². The zero-order chi connectivity index (χ0) is 21.8. The van der Waals surface area contributed by atoms with E-state index in [9.17, 15) is 17.6 Å². The maximum Gasteiger partial charge on any atom is 0.387 e. The van der Waals surface area contributed by atoms with Crippen molar-refractivity contribution in [1.29, 1.82) is 0 Å². The van der Waals surface area contributed by atoms with Crippen LogP contribution in [-0.4, -0.2) is 24.8 Å². The Morgan fingerprint density at radius 1 is 0.935 bits per heavy atom. The molecule has 1 aromatic heterocycles. The van der Waals surface area contributed by atoms with Crippen molar-refractivity contribution < 1.29 is 31.8 Å². The zero-order valence-electron chi connectivity index (χ0n) is 16.1. The second-order valence-corrected chi connectivity index (χ2v) is 6.75. The quantitative estimate of drug-likeness (QED) is 0.320. The first-order chi connectivity index (χ1) is 15.0. The average Bonchev–Trinajstić information content (AvgIpc) is 3.59. The predicted molar refractivity (Wildman–Crippen MR) is 105 cm³/mol. The van der Waals surface area contributed by atoms with Crippen LogP contribution in [0.4, 0.5) is 28.9 Å². The van der Waals surface area contributed by atoms with Gasteiger partial charge in [-0.3, -0.25) is 4.98 Å². The van der Waals surface area contributed by atoms with Crippen LogP contribution in [0.1, 0.15) is 17.2 Å². The molecule has 0 N–H and O–H groups in total. The number of alkyl halides is 4. The topological polar surface area (TPSA) is 47.1 Å². The highest BCUT2D eigenvalue weighted by atomic mass is 19.3. The van der Waals surface area contributed by atoms with Crippen molar-refractivity contribution in [2.24, 2.45) is 0 Å². The van der Waals surface area contributed by atoms with Crippen LogP contribution in [0.25, 0.3) is 0 Å². The number of halogens is 4. The number of epoxide rings is 1. The second kappa shape index (κ2) is 9.22. The summed E-state index contributed by atoms with van der Waals surface area (Å²) < 4.78 is 65.3. The van der Waals surface area contributed by atoms with Crippen molar-refractivity contribution in [1.82, 2.24) is 4.98 Å². The fraction of sp³-hybridized carbons (Fsp3) is 0.227. The Kier molecular flexibility index (Phi) is 6.22. The zero-order valence-corrected chi connectivity index (χ0v) is 16.1. The van der Waals surface area contributed by atoms with Gasteiger partial charge >= 0.3 is 13.2 Å². The molecule has 4 rings (SSSR count). The molecule has 0 spiro atoms. The molecule has 0 saturated carbocycles. The summed E-state index contributed by atoms with van der Waals surface area (Å²) in [5, 5.41) is 0. The summed E-state index contributed by atoms with van der Waals surface area (Å²) in [6.45, 7) is -5.38. The first-order valence-corrected chi connectivity index (χ1v) is 9.41. The molecule has 2 aromatic carbocycles. The maximum absolute atomic E-state index is 12.9. The van der Waals surface area contributed by atoms with E-state index >= 15 is 0 Å².